The molecule has 57 heavy (non-hydrogen) atoms. The van der Waals surface area contributed by atoms with E-state index < -0.39 is 0 Å². The molecular formula is C51H35N3O2S. The van der Waals surface area contributed by atoms with Gasteiger partial charge in [0.15, 0.2) is 5.84 Å². The van der Waals surface area contributed by atoms with Crippen LogP contribution in [0.4, 0.5) is 0 Å². The van der Waals surface area contributed by atoms with Crippen LogP contribution in [0.3, 0.4) is 0 Å². The van der Waals surface area contributed by atoms with Crippen molar-refractivity contribution in [2.45, 2.75) is 6.54 Å². The second-order valence-corrected chi connectivity index (χ2v) is 15.1. The zero-order valence-electron chi connectivity index (χ0n) is 30.9. The maximum absolute atomic E-state index is 6.99. The van der Waals surface area contributed by atoms with Crippen LogP contribution in [0.15, 0.2) is 189 Å². The van der Waals surface area contributed by atoms with Gasteiger partial charge in [-0.05, 0) is 76.3 Å². The molecule has 7 aromatic carbocycles. The van der Waals surface area contributed by atoms with Crippen LogP contribution in [0, 0.1) is 0 Å². The van der Waals surface area contributed by atoms with Gasteiger partial charge in [0.05, 0.1) is 6.54 Å². The quantitative estimate of drug-likeness (QED) is 0.130. The fourth-order valence-corrected chi connectivity index (χ4v) is 8.98. The molecule has 6 heteroatoms. The van der Waals surface area contributed by atoms with Crippen molar-refractivity contribution in [1.29, 1.82) is 0 Å². The maximum Gasteiger partial charge on any atom is 0.157 e. The number of aliphatic imine (C=N–C) groups is 2. The maximum atomic E-state index is 6.99. The molecule has 0 radical (unpaired) electrons. The highest BCUT2D eigenvalue weighted by atomic mass is 32.1. The molecule has 3 heterocycles. The summed E-state index contributed by atoms with van der Waals surface area (Å²) in [6.45, 7) is 8.94. The van der Waals surface area contributed by atoms with E-state index in [1.807, 2.05) is 84.1 Å². The average Bonchev–Trinajstić information content (AvgIpc) is 3.93. The molecule has 0 amide bonds. The molecule has 0 bridgehead atoms. The Bertz CT molecular complexity index is 3370. The van der Waals surface area contributed by atoms with Gasteiger partial charge in [-0.15, -0.1) is 11.3 Å². The predicted octanol–water partition coefficient (Wildman–Crippen LogP) is 11.8. The molecule has 0 saturated carbocycles. The van der Waals surface area contributed by atoms with E-state index in [4.69, 9.17) is 24.6 Å². The first-order chi connectivity index (χ1) is 28.0. The van der Waals surface area contributed by atoms with E-state index in [0.717, 1.165) is 60.4 Å². The smallest absolute Gasteiger partial charge is 0.157 e. The predicted molar refractivity (Wildman–Crippen MR) is 240 cm³/mol. The summed E-state index contributed by atoms with van der Waals surface area (Å²) >= 11 is 1.81. The van der Waals surface area contributed by atoms with Gasteiger partial charge in [0.2, 0.25) is 0 Å². The molecule has 0 aliphatic rings. The summed E-state index contributed by atoms with van der Waals surface area (Å²) in [5.41, 5.74) is 16.7. The van der Waals surface area contributed by atoms with E-state index >= 15 is 0 Å². The number of benzene rings is 7. The molecule has 5 nitrogen and oxygen atoms in total. The highest BCUT2D eigenvalue weighted by Crippen LogP contribution is 2.43. The summed E-state index contributed by atoms with van der Waals surface area (Å²) in [4.78, 5) is 10.0. The summed E-state index contributed by atoms with van der Waals surface area (Å²) in [5.74, 6) is 0.721. The van der Waals surface area contributed by atoms with Gasteiger partial charge in [-0.25, -0.2) is 4.99 Å². The normalized spacial score (nSPS) is 13.0. The average molecular weight is 754 g/mol. The lowest BCUT2D eigenvalue weighted by Crippen LogP contribution is -2.28. The largest absolute Gasteiger partial charge is 0.457 e. The van der Waals surface area contributed by atoms with E-state index in [-0.39, 0.29) is 5.84 Å². The Morgan fingerprint density at radius 1 is 0.614 bits per heavy atom. The number of hydrogen-bond acceptors (Lipinski definition) is 4. The van der Waals surface area contributed by atoms with Crippen LogP contribution in [0.1, 0.15) is 11.1 Å². The van der Waals surface area contributed by atoms with E-state index in [1.165, 1.54) is 25.7 Å². The van der Waals surface area contributed by atoms with Crippen LogP contribution in [-0.4, -0.2) is 11.7 Å². The van der Waals surface area contributed by atoms with Gasteiger partial charge in [-0.1, -0.05) is 128 Å². The minimum absolute atomic E-state index is 0.247. The number of thiophene rings is 1. The number of nitrogens with zero attached hydrogens (tertiary/aromatic N) is 2. The van der Waals surface area contributed by atoms with Crippen molar-refractivity contribution in [2.75, 3.05) is 0 Å². The minimum Gasteiger partial charge on any atom is -0.457 e. The molecule has 10 rings (SSSR count). The van der Waals surface area contributed by atoms with Crippen molar-refractivity contribution in [3.05, 3.63) is 192 Å². The number of hydrogen-bond donors (Lipinski definition) is 1. The second kappa shape index (κ2) is 14.1. The van der Waals surface area contributed by atoms with Crippen molar-refractivity contribution in [2.24, 2.45) is 15.7 Å². The topological polar surface area (TPSA) is 77.0 Å². The van der Waals surface area contributed by atoms with Gasteiger partial charge < -0.3 is 14.6 Å². The molecule has 0 spiro atoms. The highest BCUT2D eigenvalue weighted by molar-refractivity contribution is 7.26. The number of para-hydroxylation sites is 1. The van der Waals surface area contributed by atoms with Gasteiger partial charge in [-0.3, -0.25) is 4.99 Å². The molecule has 10 aromatic rings. The number of furan rings is 2. The SMILES string of the molecule is C=C/C(C(N)=NC(=NCc1ccccc1)c1ccc2c(c1)oc1ccccc12)=c1\c(=C)oc2ccc(-c3cc(-c4ccccc4)cc4sc5ccccc5c34)cc12. The third-order valence-electron chi connectivity index (χ3n) is 10.5. The summed E-state index contributed by atoms with van der Waals surface area (Å²) in [7, 11) is 0. The van der Waals surface area contributed by atoms with E-state index in [1.54, 1.807) is 6.08 Å². The number of rotatable bonds is 7. The fourth-order valence-electron chi connectivity index (χ4n) is 7.81. The van der Waals surface area contributed by atoms with E-state index in [2.05, 4.69) is 98.1 Å². The van der Waals surface area contributed by atoms with E-state index in [9.17, 15) is 0 Å². The Hall–Kier alpha value is -7.28. The van der Waals surface area contributed by atoms with Crippen molar-refractivity contribution in [1.82, 2.24) is 0 Å². The van der Waals surface area contributed by atoms with E-state index in [0.29, 0.717) is 29.0 Å². The lowest BCUT2D eigenvalue weighted by atomic mass is 9.94. The molecule has 0 atom stereocenters. The van der Waals surface area contributed by atoms with Crippen LogP contribution in [0.5, 0.6) is 0 Å². The molecule has 0 aliphatic heterocycles. The summed E-state index contributed by atoms with van der Waals surface area (Å²) in [6, 6.07) is 54.2. The summed E-state index contributed by atoms with van der Waals surface area (Å²) in [5, 5.41) is 6.15. The Balaban J connectivity index is 1.15. The monoisotopic (exact) mass is 753 g/mol. The first-order valence-corrected chi connectivity index (χ1v) is 19.6. The van der Waals surface area contributed by atoms with Gasteiger partial charge >= 0.3 is 0 Å². The zero-order valence-corrected chi connectivity index (χ0v) is 31.7. The lowest BCUT2D eigenvalue weighted by Gasteiger charge is -2.10. The van der Waals surface area contributed by atoms with Crippen LogP contribution >= 0.6 is 11.3 Å². The highest BCUT2D eigenvalue weighted by Gasteiger charge is 2.17. The lowest BCUT2D eigenvalue weighted by molar-refractivity contribution is 0.577. The van der Waals surface area contributed by atoms with Gasteiger partial charge in [-0.2, -0.15) is 0 Å². The third kappa shape index (κ3) is 6.13. The van der Waals surface area contributed by atoms with Gasteiger partial charge in [0.25, 0.3) is 0 Å². The fraction of sp³-hybridized carbons (Fsp3) is 0.0196. The van der Waals surface area contributed by atoms with Crippen molar-refractivity contribution in [3.8, 4) is 22.3 Å². The van der Waals surface area contributed by atoms with Crippen LogP contribution in [0.2, 0.25) is 0 Å². The molecule has 0 unspecified atom stereocenters. The zero-order chi connectivity index (χ0) is 38.5. The van der Waals surface area contributed by atoms with Crippen molar-refractivity contribution in [3.63, 3.8) is 0 Å². The van der Waals surface area contributed by atoms with Gasteiger partial charge in [0.1, 0.15) is 28.0 Å². The van der Waals surface area contributed by atoms with Crippen molar-refractivity contribution < 1.29 is 8.83 Å². The second-order valence-electron chi connectivity index (χ2n) is 14.0. The summed E-state index contributed by atoms with van der Waals surface area (Å²) in [6.07, 6.45) is 1.72. The molecule has 0 fully saturated rings. The first-order valence-electron chi connectivity index (χ1n) is 18.8. The van der Waals surface area contributed by atoms with Crippen molar-refractivity contribution >= 4 is 88.2 Å². The van der Waals surface area contributed by atoms with Crippen LogP contribution in [0.25, 0.3) is 87.5 Å². The molecule has 3 aromatic heterocycles. The number of amidine groups is 2. The molecular weight excluding hydrogens is 719 g/mol. The standard InChI is InChI=1S/C51H35N3O2S/c1-3-37(50(52)54-51(53-30-32-14-6-4-7-15-32)35-22-24-39-38-18-10-12-20-43(38)56-45(39)28-35)48-31(2)55-44-25-23-34(26-42(44)48)41-27-36(33-16-8-5-9-17-33)29-47-49(41)40-19-11-13-21-46(40)57-47/h3-29H,1-2,30H2,(H2,52,53,54)/b48-37-. The Labute approximate surface area is 332 Å². The molecule has 0 aliphatic carbocycles. The Kier molecular flexibility index (Phi) is 8.46. The Morgan fingerprint density at radius 3 is 2.16 bits per heavy atom. The third-order valence-corrected chi connectivity index (χ3v) is 11.6. The van der Waals surface area contributed by atoms with Gasteiger partial charge in [0, 0.05) is 52.7 Å². The van der Waals surface area contributed by atoms with Crippen LogP contribution in [-0.2, 0) is 6.54 Å². The molecule has 2 N–H and O–H groups in total. The molecule has 0 saturated heterocycles. The van der Waals surface area contributed by atoms with Crippen LogP contribution < -0.4 is 16.4 Å². The molecule has 272 valence electrons. The Morgan fingerprint density at radius 2 is 1.33 bits per heavy atom. The first kappa shape index (κ1) is 34.2. The summed E-state index contributed by atoms with van der Waals surface area (Å²) < 4.78 is 15.0. The number of nitrogens with two attached hydrogens (primary N) is 1. The number of fused-ring (bicyclic) bond motifs is 7. The minimum atomic E-state index is 0.247.